The zero-order valence-corrected chi connectivity index (χ0v) is 16.5. The predicted octanol–water partition coefficient (Wildman–Crippen LogP) is 1.23. The molecule has 28 heavy (non-hydrogen) atoms. The largest absolute Gasteiger partial charge is 0.366 e. The highest BCUT2D eigenvalue weighted by Gasteiger charge is 2.28. The van der Waals surface area contributed by atoms with Gasteiger partial charge in [-0.25, -0.2) is 8.42 Å². The first-order valence-corrected chi connectivity index (χ1v) is 10.6. The monoisotopic (exact) mass is 404 g/mol. The number of piperidine rings is 1. The molecule has 0 bridgehead atoms. The van der Waals surface area contributed by atoms with Crippen molar-refractivity contribution in [2.45, 2.75) is 30.7 Å². The Labute approximate surface area is 164 Å². The van der Waals surface area contributed by atoms with Crippen molar-refractivity contribution in [3.05, 3.63) is 53.3 Å². The summed E-state index contributed by atoms with van der Waals surface area (Å²) >= 11 is 0. The standard InChI is InChI=1S/C19H24N4O4S/c1-22-13-16(28(26,27)23-9-3-2-4-10-23)11-17(22)19(25)21-12-14-5-7-15(8-6-14)18(20)24/h5-8,11,13H,2-4,9-10,12H2,1H3,(H2,20,24)(H,21,25). The molecule has 1 saturated heterocycles. The minimum atomic E-state index is -3.59. The van der Waals surface area contributed by atoms with Crippen molar-refractivity contribution < 1.29 is 18.0 Å². The van der Waals surface area contributed by atoms with Gasteiger partial charge in [0.25, 0.3) is 5.91 Å². The number of hydrogen-bond acceptors (Lipinski definition) is 4. The van der Waals surface area contributed by atoms with Gasteiger partial charge >= 0.3 is 0 Å². The minimum Gasteiger partial charge on any atom is -0.366 e. The number of benzene rings is 1. The van der Waals surface area contributed by atoms with E-state index in [1.807, 2.05) is 0 Å². The normalized spacial score (nSPS) is 15.3. The van der Waals surface area contributed by atoms with E-state index in [1.165, 1.54) is 21.1 Å². The molecule has 0 saturated carbocycles. The first-order valence-electron chi connectivity index (χ1n) is 9.12. The lowest BCUT2D eigenvalue weighted by Crippen LogP contribution is -2.35. The molecular weight excluding hydrogens is 380 g/mol. The number of primary amides is 1. The average Bonchev–Trinajstić information content (AvgIpc) is 3.09. The van der Waals surface area contributed by atoms with Crippen LogP contribution in [0.4, 0.5) is 0 Å². The summed E-state index contributed by atoms with van der Waals surface area (Å²) in [6.07, 6.45) is 4.22. The Morgan fingerprint density at radius 3 is 2.36 bits per heavy atom. The van der Waals surface area contributed by atoms with Gasteiger partial charge in [-0.2, -0.15) is 4.31 Å². The van der Waals surface area contributed by atoms with Crippen LogP contribution in [0.15, 0.2) is 41.4 Å². The molecule has 0 spiro atoms. The fourth-order valence-corrected chi connectivity index (χ4v) is 4.80. The maximum atomic E-state index is 12.8. The highest BCUT2D eigenvalue weighted by atomic mass is 32.2. The number of aryl methyl sites for hydroxylation is 1. The van der Waals surface area contributed by atoms with Gasteiger partial charge in [-0.1, -0.05) is 18.6 Å². The molecule has 3 rings (SSSR count). The first kappa shape index (κ1) is 20.1. The third-order valence-electron chi connectivity index (χ3n) is 4.86. The van der Waals surface area contributed by atoms with E-state index in [0.717, 1.165) is 24.8 Å². The van der Waals surface area contributed by atoms with Gasteiger partial charge in [-0.05, 0) is 36.6 Å². The Morgan fingerprint density at radius 1 is 1.11 bits per heavy atom. The van der Waals surface area contributed by atoms with Crippen molar-refractivity contribution in [3.8, 4) is 0 Å². The van der Waals surface area contributed by atoms with E-state index in [2.05, 4.69) is 5.32 Å². The summed E-state index contributed by atoms with van der Waals surface area (Å²) in [5.74, 6) is -0.886. The zero-order chi connectivity index (χ0) is 20.3. The summed E-state index contributed by atoms with van der Waals surface area (Å²) in [6.45, 7) is 1.28. The van der Waals surface area contributed by atoms with Crippen molar-refractivity contribution in [2.75, 3.05) is 13.1 Å². The summed E-state index contributed by atoms with van der Waals surface area (Å²) < 4.78 is 28.6. The van der Waals surface area contributed by atoms with E-state index in [0.29, 0.717) is 18.7 Å². The van der Waals surface area contributed by atoms with Crippen LogP contribution in [-0.2, 0) is 23.6 Å². The number of hydrogen-bond donors (Lipinski definition) is 2. The lowest BCUT2D eigenvalue weighted by molar-refractivity contribution is 0.0941. The number of aromatic nitrogens is 1. The number of carbonyl (C=O) groups is 2. The Hall–Kier alpha value is -2.65. The second-order valence-electron chi connectivity index (χ2n) is 6.88. The molecule has 8 nitrogen and oxygen atoms in total. The number of amides is 2. The third-order valence-corrected chi connectivity index (χ3v) is 6.72. The Balaban J connectivity index is 1.69. The number of carbonyl (C=O) groups excluding carboxylic acids is 2. The van der Waals surface area contributed by atoms with Crippen LogP contribution >= 0.6 is 0 Å². The molecule has 2 amide bonds. The summed E-state index contributed by atoms with van der Waals surface area (Å²) in [4.78, 5) is 23.7. The van der Waals surface area contributed by atoms with Crippen LogP contribution in [0, 0.1) is 0 Å². The fourth-order valence-electron chi connectivity index (χ4n) is 3.22. The van der Waals surface area contributed by atoms with Gasteiger partial charge in [0.2, 0.25) is 15.9 Å². The fraction of sp³-hybridized carbons (Fsp3) is 0.368. The number of rotatable bonds is 6. The van der Waals surface area contributed by atoms with Crippen LogP contribution in [-0.4, -0.2) is 42.2 Å². The molecule has 0 atom stereocenters. The van der Waals surface area contributed by atoms with Gasteiger partial charge in [-0.15, -0.1) is 0 Å². The molecule has 2 aromatic rings. The number of nitrogens with zero attached hydrogens (tertiary/aromatic N) is 2. The van der Waals surface area contributed by atoms with Crippen LogP contribution < -0.4 is 11.1 Å². The third kappa shape index (κ3) is 4.26. The van der Waals surface area contributed by atoms with Gasteiger partial charge < -0.3 is 15.6 Å². The highest BCUT2D eigenvalue weighted by molar-refractivity contribution is 7.89. The van der Waals surface area contributed by atoms with Crippen LogP contribution in [0.5, 0.6) is 0 Å². The molecule has 3 N–H and O–H groups in total. The Kier molecular flexibility index (Phi) is 5.85. The summed E-state index contributed by atoms with van der Waals surface area (Å²) in [7, 11) is -1.94. The molecule has 1 aromatic carbocycles. The Morgan fingerprint density at radius 2 is 1.75 bits per heavy atom. The first-order chi connectivity index (χ1) is 13.3. The SMILES string of the molecule is Cn1cc(S(=O)(=O)N2CCCCC2)cc1C(=O)NCc1ccc(C(N)=O)cc1. The molecule has 0 aliphatic carbocycles. The smallest absolute Gasteiger partial charge is 0.268 e. The van der Waals surface area contributed by atoms with Crippen molar-refractivity contribution in [2.24, 2.45) is 12.8 Å². The molecular formula is C19H24N4O4S. The molecule has 1 aromatic heterocycles. The lowest BCUT2D eigenvalue weighted by Gasteiger charge is -2.25. The van der Waals surface area contributed by atoms with Gasteiger partial charge in [-0.3, -0.25) is 9.59 Å². The second kappa shape index (κ2) is 8.15. The van der Waals surface area contributed by atoms with Crippen molar-refractivity contribution in [1.29, 1.82) is 0 Å². The zero-order valence-electron chi connectivity index (χ0n) is 15.7. The maximum absolute atomic E-state index is 12.8. The quantitative estimate of drug-likeness (QED) is 0.753. The number of nitrogens with one attached hydrogen (secondary N) is 1. The minimum absolute atomic E-state index is 0.132. The van der Waals surface area contributed by atoms with Crippen molar-refractivity contribution >= 4 is 21.8 Å². The summed E-state index contributed by atoms with van der Waals surface area (Å²) in [5.41, 5.74) is 6.67. The molecule has 150 valence electrons. The molecule has 1 aliphatic rings. The van der Waals surface area contributed by atoms with E-state index in [-0.39, 0.29) is 23.0 Å². The molecule has 0 unspecified atom stereocenters. The predicted molar refractivity (Wildman–Crippen MR) is 104 cm³/mol. The topological polar surface area (TPSA) is 114 Å². The Bertz CT molecular complexity index is 974. The lowest BCUT2D eigenvalue weighted by atomic mass is 10.1. The van der Waals surface area contributed by atoms with Crippen molar-refractivity contribution in [3.63, 3.8) is 0 Å². The van der Waals surface area contributed by atoms with Gasteiger partial charge in [0.15, 0.2) is 0 Å². The van der Waals surface area contributed by atoms with Crippen LogP contribution in [0.2, 0.25) is 0 Å². The number of sulfonamides is 1. The molecule has 9 heteroatoms. The average molecular weight is 404 g/mol. The van der Waals surface area contributed by atoms with Gasteiger partial charge in [0.1, 0.15) is 10.6 Å². The molecule has 1 aliphatic heterocycles. The van der Waals surface area contributed by atoms with Gasteiger partial charge in [0, 0.05) is 38.4 Å². The van der Waals surface area contributed by atoms with Crippen LogP contribution in [0.1, 0.15) is 45.7 Å². The van der Waals surface area contributed by atoms with Gasteiger partial charge in [0.05, 0.1) is 0 Å². The maximum Gasteiger partial charge on any atom is 0.268 e. The van der Waals surface area contributed by atoms with E-state index in [1.54, 1.807) is 31.3 Å². The van der Waals surface area contributed by atoms with Crippen molar-refractivity contribution in [1.82, 2.24) is 14.2 Å². The van der Waals surface area contributed by atoms with E-state index >= 15 is 0 Å². The van der Waals surface area contributed by atoms with Crippen LogP contribution in [0.3, 0.4) is 0 Å². The number of nitrogens with two attached hydrogens (primary N) is 1. The van der Waals surface area contributed by atoms with Crippen LogP contribution in [0.25, 0.3) is 0 Å². The second-order valence-corrected chi connectivity index (χ2v) is 8.82. The highest BCUT2D eigenvalue weighted by Crippen LogP contribution is 2.22. The summed E-state index contributed by atoms with van der Waals surface area (Å²) in [5, 5.41) is 2.76. The molecule has 2 heterocycles. The van der Waals surface area contributed by atoms with E-state index < -0.39 is 15.9 Å². The van der Waals surface area contributed by atoms with E-state index in [4.69, 9.17) is 5.73 Å². The molecule has 1 fully saturated rings. The summed E-state index contributed by atoms with van der Waals surface area (Å²) in [6, 6.07) is 8.01. The van der Waals surface area contributed by atoms with E-state index in [9.17, 15) is 18.0 Å². The molecule has 0 radical (unpaired) electrons.